The molecule has 1 heterocycles. The fourth-order valence-corrected chi connectivity index (χ4v) is 1.42. The Balaban J connectivity index is 2.33. The van der Waals surface area contributed by atoms with Gasteiger partial charge in [0.2, 0.25) is 0 Å². The third-order valence-corrected chi connectivity index (χ3v) is 2.37. The Morgan fingerprint density at radius 2 is 1.82 bits per heavy atom. The smallest absolute Gasteiger partial charge is 0.338 e. The van der Waals surface area contributed by atoms with Gasteiger partial charge in [-0.05, 0) is 31.2 Å². The van der Waals surface area contributed by atoms with Crippen molar-refractivity contribution < 1.29 is 14.7 Å². The predicted molar refractivity (Wildman–Crippen MR) is 60.5 cm³/mol. The highest BCUT2D eigenvalue weighted by atomic mass is 16.4. The van der Waals surface area contributed by atoms with Gasteiger partial charge in [-0.3, -0.25) is 4.79 Å². The molecular weight excluding hydrogens is 220 g/mol. The summed E-state index contributed by atoms with van der Waals surface area (Å²) in [6, 6.07) is 6.80. The fraction of sp³-hybridized carbons (Fsp3) is 0.0833. The van der Waals surface area contributed by atoms with Crippen molar-refractivity contribution in [3.63, 3.8) is 0 Å². The maximum absolute atomic E-state index is 11.1. The summed E-state index contributed by atoms with van der Waals surface area (Å²) in [6.45, 7) is 1.49. The summed E-state index contributed by atoms with van der Waals surface area (Å²) in [5, 5.41) is 12.7. The second-order valence-electron chi connectivity index (χ2n) is 3.58. The highest BCUT2D eigenvalue weighted by Crippen LogP contribution is 2.10. The molecule has 0 aliphatic carbocycles. The molecule has 0 atom stereocenters. The Morgan fingerprint density at radius 3 is 2.29 bits per heavy atom. The van der Waals surface area contributed by atoms with E-state index in [1.807, 2.05) is 0 Å². The van der Waals surface area contributed by atoms with Gasteiger partial charge in [0.15, 0.2) is 5.78 Å². The SMILES string of the molecule is CC(=O)c1ccc(-n2cc(C(=O)O)cn2)cc1. The topological polar surface area (TPSA) is 72.2 Å². The summed E-state index contributed by atoms with van der Waals surface area (Å²) >= 11 is 0. The number of carboxylic acids is 1. The molecule has 1 aromatic heterocycles. The first-order valence-corrected chi connectivity index (χ1v) is 4.97. The molecule has 0 saturated heterocycles. The van der Waals surface area contributed by atoms with Crippen molar-refractivity contribution in [2.75, 3.05) is 0 Å². The lowest BCUT2D eigenvalue weighted by molar-refractivity contribution is 0.0696. The molecule has 86 valence electrons. The molecule has 0 spiro atoms. The number of rotatable bonds is 3. The van der Waals surface area contributed by atoms with Crippen LogP contribution in [-0.4, -0.2) is 26.6 Å². The van der Waals surface area contributed by atoms with Crippen molar-refractivity contribution in [3.8, 4) is 5.69 Å². The molecule has 0 amide bonds. The lowest BCUT2D eigenvalue weighted by Gasteiger charge is -2.01. The van der Waals surface area contributed by atoms with E-state index in [9.17, 15) is 9.59 Å². The minimum atomic E-state index is -1.02. The molecule has 0 radical (unpaired) electrons. The summed E-state index contributed by atoms with van der Waals surface area (Å²) in [5.74, 6) is -1.03. The number of hydrogen-bond donors (Lipinski definition) is 1. The first kappa shape index (κ1) is 11.1. The Hall–Kier alpha value is -2.43. The van der Waals surface area contributed by atoms with Crippen LogP contribution < -0.4 is 0 Å². The van der Waals surface area contributed by atoms with E-state index in [-0.39, 0.29) is 11.3 Å². The molecule has 0 unspecified atom stereocenters. The number of nitrogens with zero attached hydrogens (tertiary/aromatic N) is 2. The van der Waals surface area contributed by atoms with Gasteiger partial charge in [0.1, 0.15) is 0 Å². The molecule has 0 fully saturated rings. The van der Waals surface area contributed by atoms with Crippen molar-refractivity contribution in [3.05, 3.63) is 47.8 Å². The molecule has 0 aliphatic rings. The normalized spacial score (nSPS) is 10.2. The van der Waals surface area contributed by atoms with Crippen LogP contribution in [0, 0.1) is 0 Å². The molecule has 0 bridgehead atoms. The quantitative estimate of drug-likeness (QED) is 0.815. The lowest BCUT2D eigenvalue weighted by Crippen LogP contribution is -1.97. The number of carbonyl (C=O) groups excluding carboxylic acids is 1. The third-order valence-electron chi connectivity index (χ3n) is 2.37. The van der Waals surface area contributed by atoms with Gasteiger partial charge in [0.25, 0.3) is 0 Å². The van der Waals surface area contributed by atoms with Crippen LogP contribution in [0.4, 0.5) is 0 Å². The van der Waals surface area contributed by atoms with Gasteiger partial charge in [0.05, 0.1) is 17.4 Å². The van der Waals surface area contributed by atoms with Gasteiger partial charge in [-0.25, -0.2) is 9.48 Å². The largest absolute Gasteiger partial charge is 0.478 e. The van der Waals surface area contributed by atoms with Crippen molar-refractivity contribution in [2.45, 2.75) is 6.92 Å². The van der Waals surface area contributed by atoms with Gasteiger partial charge in [-0.1, -0.05) is 0 Å². The molecule has 0 saturated carbocycles. The number of hydrogen-bond acceptors (Lipinski definition) is 3. The summed E-state index contributed by atoms with van der Waals surface area (Å²) < 4.78 is 1.45. The van der Waals surface area contributed by atoms with E-state index in [0.717, 1.165) is 0 Å². The first-order valence-electron chi connectivity index (χ1n) is 4.97. The number of aromatic nitrogens is 2. The molecule has 1 aromatic carbocycles. The zero-order chi connectivity index (χ0) is 12.4. The molecule has 2 rings (SSSR count). The first-order chi connectivity index (χ1) is 8.08. The van der Waals surface area contributed by atoms with Crippen LogP contribution in [0.3, 0.4) is 0 Å². The summed E-state index contributed by atoms with van der Waals surface area (Å²) in [6.07, 6.45) is 2.70. The average molecular weight is 230 g/mol. The maximum Gasteiger partial charge on any atom is 0.338 e. The minimum absolute atomic E-state index is 0.0109. The zero-order valence-electron chi connectivity index (χ0n) is 9.12. The second kappa shape index (κ2) is 4.21. The van der Waals surface area contributed by atoms with Crippen molar-refractivity contribution in [1.29, 1.82) is 0 Å². The number of ketones is 1. The monoisotopic (exact) mass is 230 g/mol. The minimum Gasteiger partial charge on any atom is -0.478 e. The van der Waals surface area contributed by atoms with E-state index in [1.54, 1.807) is 24.3 Å². The number of aromatic carboxylic acids is 1. The second-order valence-corrected chi connectivity index (χ2v) is 3.58. The number of Topliss-reactive ketones (excluding diaryl/α,β-unsaturated/α-hetero) is 1. The van der Waals surface area contributed by atoms with Crippen LogP contribution in [0.25, 0.3) is 5.69 Å². The van der Waals surface area contributed by atoms with Gasteiger partial charge in [-0.2, -0.15) is 5.10 Å². The highest BCUT2D eigenvalue weighted by molar-refractivity contribution is 5.94. The molecule has 0 aliphatic heterocycles. The summed E-state index contributed by atoms with van der Waals surface area (Å²) in [4.78, 5) is 21.8. The number of benzene rings is 1. The van der Waals surface area contributed by atoms with Crippen molar-refractivity contribution in [1.82, 2.24) is 9.78 Å². The van der Waals surface area contributed by atoms with Crippen molar-refractivity contribution in [2.24, 2.45) is 0 Å². The Morgan fingerprint density at radius 1 is 1.18 bits per heavy atom. The molecule has 5 nitrogen and oxygen atoms in total. The van der Waals surface area contributed by atoms with E-state index < -0.39 is 5.97 Å². The standard InChI is InChI=1S/C12H10N2O3/c1-8(15)9-2-4-11(5-3-9)14-7-10(6-13-14)12(16)17/h2-7H,1H3,(H,16,17). The van der Waals surface area contributed by atoms with Crippen LogP contribution >= 0.6 is 0 Å². The number of carbonyl (C=O) groups is 2. The Labute approximate surface area is 97.3 Å². The molecule has 5 heteroatoms. The van der Waals surface area contributed by atoms with Crippen molar-refractivity contribution >= 4 is 11.8 Å². The van der Waals surface area contributed by atoms with Crippen LogP contribution in [0.15, 0.2) is 36.7 Å². The van der Waals surface area contributed by atoms with E-state index >= 15 is 0 Å². The molecule has 1 N–H and O–H groups in total. The van der Waals surface area contributed by atoms with E-state index in [2.05, 4.69) is 5.10 Å². The Kier molecular flexibility index (Phi) is 2.74. The van der Waals surface area contributed by atoms with E-state index in [4.69, 9.17) is 5.11 Å². The molecule has 2 aromatic rings. The summed E-state index contributed by atoms with van der Waals surface area (Å²) in [5.41, 5.74) is 1.45. The molecule has 17 heavy (non-hydrogen) atoms. The van der Waals surface area contributed by atoms with Gasteiger partial charge in [0, 0.05) is 11.8 Å². The maximum atomic E-state index is 11.1. The van der Waals surface area contributed by atoms with E-state index in [0.29, 0.717) is 11.3 Å². The molecular formula is C12H10N2O3. The van der Waals surface area contributed by atoms with E-state index in [1.165, 1.54) is 24.0 Å². The third kappa shape index (κ3) is 2.23. The predicted octanol–water partition coefficient (Wildman–Crippen LogP) is 1.77. The highest BCUT2D eigenvalue weighted by Gasteiger charge is 2.07. The summed E-state index contributed by atoms with van der Waals surface area (Å²) in [7, 11) is 0. The van der Waals surface area contributed by atoms with Gasteiger partial charge in [-0.15, -0.1) is 0 Å². The van der Waals surface area contributed by atoms with Gasteiger partial charge >= 0.3 is 5.97 Å². The Bertz CT molecular complexity index is 570. The van der Waals surface area contributed by atoms with Crippen LogP contribution in [0.5, 0.6) is 0 Å². The average Bonchev–Trinajstić information content (AvgIpc) is 2.78. The zero-order valence-corrected chi connectivity index (χ0v) is 9.12. The fourth-order valence-electron chi connectivity index (χ4n) is 1.42. The number of carboxylic acid groups (broad SMARTS) is 1. The van der Waals surface area contributed by atoms with Crippen LogP contribution in [0.2, 0.25) is 0 Å². The lowest BCUT2D eigenvalue weighted by atomic mass is 10.1. The van der Waals surface area contributed by atoms with Crippen LogP contribution in [-0.2, 0) is 0 Å². The van der Waals surface area contributed by atoms with Crippen LogP contribution in [0.1, 0.15) is 27.6 Å². The van der Waals surface area contributed by atoms with Gasteiger partial charge < -0.3 is 5.11 Å².